The van der Waals surface area contributed by atoms with Crippen molar-refractivity contribution in [3.8, 4) is 11.5 Å². The molecule has 3 rings (SSSR count). The summed E-state index contributed by atoms with van der Waals surface area (Å²) >= 11 is 0. The zero-order valence-electron chi connectivity index (χ0n) is 12.0. The molecule has 1 aliphatic rings. The van der Waals surface area contributed by atoms with Crippen molar-refractivity contribution in [1.29, 1.82) is 0 Å². The number of methoxy groups -OCH3 is 1. The lowest BCUT2D eigenvalue weighted by Gasteiger charge is -2.24. The fourth-order valence-corrected chi connectivity index (χ4v) is 2.16. The quantitative estimate of drug-likeness (QED) is 0.830. The first-order chi connectivity index (χ1) is 10.2. The van der Waals surface area contributed by atoms with Gasteiger partial charge < -0.3 is 20.5 Å². The molecule has 1 atom stereocenters. The Hall–Kier alpha value is -2.69. The summed E-state index contributed by atoms with van der Waals surface area (Å²) in [5.74, 6) is 2.25. The molecule has 0 aromatic heterocycles. The summed E-state index contributed by atoms with van der Waals surface area (Å²) in [5.41, 5.74) is 8.10. The molecule has 0 bridgehead atoms. The molecular weight excluding hydrogens is 266 g/mol. The van der Waals surface area contributed by atoms with E-state index in [1.807, 2.05) is 43.3 Å². The van der Waals surface area contributed by atoms with Crippen LogP contribution in [0, 0.1) is 0 Å². The molecule has 0 saturated heterocycles. The average Bonchev–Trinajstić information content (AvgIpc) is 2.48. The molecule has 5 heteroatoms. The summed E-state index contributed by atoms with van der Waals surface area (Å²) in [6.07, 6.45) is -0.175. The third-order valence-electron chi connectivity index (χ3n) is 3.26. The molecule has 0 saturated carbocycles. The van der Waals surface area contributed by atoms with Crippen LogP contribution in [0.3, 0.4) is 0 Å². The monoisotopic (exact) mass is 283 g/mol. The highest BCUT2D eigenvalue weighted by Crippen LogP contribution is 2.34. The summed E-state index contributed by atoms with van der Waals surface area (Å²) in [6.45, 7) is 1.94. The largest absolute Gasteiger partial charge is 0.497 e. The van der Waals surface area contributed by atoms with Crippen LogP contribution >= 0.6 is 0 Å². The van der Waals surface area contributed by atoms with Crippen LogP contribution in [0.5, 0.6) is 11.5 Å². The highest BCUT2D eigenvalue weighted by molar-refractivity contribution is 6.01. The molecule has 0 radical (unpaired) electrons. The van der Waals surface area contributed by atoms with Crippen LogP contribution < -0.4 is 20.5 Å². The Morgan fingerprint density at radius 2 is 2.10 bits per heavy atom. The van der Waals surface area contributed by atoms with Gasteiger partial charge in [0, 0.05) is 23.5 Å². The van der Waals surface area contributed by atoms with Crippen molar-refractivity contribution in [2.24, 2.45) is 4.99 Å². The standard InChI is InChI=1S/C16H17N3O2/c1-10-16(18-12-4-3-5-13(9-12)20-2)19-14-7-6-11(17)8-15(14)21-10/h3-10H,17H2,1-2H3,(H,18,19). The summed E-state index contributed by atoms with van der Waals surface area (Å²) in [7, 11) is 1.64. The predicted octanol–water partition coefficient (Wildman–Crippen LogP) is 3.20. The highest BCUT2D eigenvalue weighted by Gasteiger charge is 2.20. The number of nitrogen functional groups attached to an aromatic ring is 1. The molecule has 0 amide bonds. The van der Waals surface area contributed by atoms with Crippen molar-refractivity contribution in [3.05, 3.63) is 42.5 Å². The van der Waals surface area contributed by atoms with Gasteiger partial charge in [-0.3, -0.25) is 0 Å². The number of rotatable bonds is 2. The number of anilines is 2. The minimum absolute atomic E-state index is 0.175. The van der Waals surface area contributed by atoms with Gasteiger partial charge in [0.25, 0.3) is 0 Å². The van der Waals surface area contributed by atoms with Gasteiger partial charge in [0.2, 0.25) is 0 Å². The third kappa shape index (κ3) is 2.76. The molecule has 2 aromatic carbocycles. The van der Waals surface area contributed by atoms with Gasteiger partial charge in [-0.05, 0) is 31.2 Å². The average molecular weight is 283 g/mol. The molecular formula is C16H17N3O2. The van der Waals surface area contributed by atoms with Gasteiger partial charge in [-0.1, -0.05) is 6.07 Å². The molecule has 21 heavy (non-hydrogen) atoms. The number of nitrogens with zero attached hydrogens (tertiary/aromatic N) is 1. The van der Waals surface area contributed by atoms with Gasteiger partial charge in [0.05, 0.1) is 7.11 Å². The van der Waals surface area contributed by atoms with Crippen molar-refractivity contribution in [1.82, 2.24) is 0 Å². The van der Waals surface area contributed by atoms with Gasteiger partial charge in [-0.15, -0.1) is 0 Å². The van der Waals surface area contributed by atoms with Crippen molar-refractivity contribution < 1.29 is 9.47 Å². The Morgan fingerprint density at radius 3 is 2.90 bits per heavy atom. The molecule has 3 N–H and O–H groups in total. The minimum atomic E-state index is -0.175. The van der Waals surface area contributed by atoms with Crippen LogP contribution in [0.2, 0.25) is 0 Å². The Morgan fingerprint density at radius 1 is 1.24 bits per heavy atom. The van der Waals surface area contributed by atoms with Crippen molar-refractivity contribution in [3.63, 3.8) is 0 Å². The molecule has 2 aromatic rings. The van der Waals surface area contributed by atoms with Gasteiger partial charge >= 0.3 is 0 Å². The number of aliphatic imine (C=N–C) groups is 1. The Balaban J connectivity index is 1.89. The molecule has 0 spiro atoms. The number of nitrogens with two attached hydrogens (primary N) is 1. The Kier molecular flexibility index (Phi) is 3.39. The van der Waals surface area contributed by atoms with Gasteiger partial charge in [0.1, 0.15) is 23.0 Å². The second kappa shape index (κ2) is 5.36. The summed E-state index contributed by atoms with van der Waals surface area (Å²) < 4.78 is 11.1. The van der Waals surface area contributed by atoms with Crippen LogP contribution in [0.1, 0.15) is 6.92 Å². The fraction of sp³-hybridized carbons (Fsp3) is 0.188. The van der Waals surface area contributed by atoms with Crippen molar-refractivity contribution in [2.75, 3.05) is 18.2 Å². The number of fused-ring (bicyclic) bond motifs is 1. The second-order valence-electron chi connectivity index (χ2n) is 4.84. The smallest absolute Gasteiger partial charge is 0.153 e. The number of ether oxygens (including phenoxy) is 2. The van der Waals surface area contributed by atoms with Crippen molar-refractivity contribution >= 4 is 22.9 Å². The molecule has 5 nitrogen and oxygen atoms in total. The maximum Gasteiger partial charge on any atom is 0.153 e. The van der Waals surface area contributed by atoms with E-state index in [-0.39, 0.29) is 6.10 Å². The Labute approximate surface area is 123 Å². The first-order valence-corrected chi connectivity index (χ1v) is 6.71. The maximum atomic E-state index is 5.85. The molecule has 0 fully saturated rings. The zero-order chi connectivity index (χ0) is 14.8. The maximum absolute atomic E-state index is 5.85. The Bertz CT molecular complexity index is 698. The lowest BCUT2D eigenvalue weighted by Crippen LogP contribution is -2.32. The topological polar surface area (TPSA) is 68.9 Å². The van der Waals surface area contributed by atoms with E-state index in [0.717, 1.165) is 23.0 Å². The third-order valence-corrected chi connectivity index (χ3v) is 3.26. The fourth-order valence-electron chi connectivity index (χ4n) is 2.16. The lowest BCUT2D eigenvalue weighted by molar-refractivity contribution is 0.283. The van der Waals surface area contributed by atoms with Crippen LogP contribution in [-0.4, -0.2) is 19.0 Å². The number of amidine groups is 1. The van der Waals surface area contributed by atoms with E-state index in [0.29, 0.717) is 11.4 Å². The second-order valence-corrected chi connectivity index (χ2v) is 4.84. The first kappa shape index (κ1) is 13.3. The van der Waals surface area contributed by atoms with E-state index in [1.54, 1.807) is 13.2 Å². The van der Waals surface area contributed by atoms with E-state index in [1.165, 1.54) is 0 Å². The van der Waals surface area contributed by atoms with Crippen LogP contribution in [0.15, 0.2) is 47.5 Å². The van der Waals surface area contributed by atoms with E-state index in [9.17, 15) is 0 Å². The molecule has 108 valence electrons. The van der Waals surface area contributed by atoms with E-state index < -0.39 is 0 Å². The highest BCUT2D eigenvalue weighted by atomic mass is 16.5. The minimum Gasteiger partial charge on any atom is -0.497 e. The molecule has 1 heterocycles. The summed E-state index contributed by atoms with van der Waals surface area (Å²) in [5, 5.41) is 3.27. The molecule has 1 unspecified atom stereocenters. The number of hydrogen-bond acceptors (Lipinski definition) is 5. The zero-order valence-corrected chi connectivity index (χ0v) is 12.0. The van der Waals surface area contributed by atoms with Gasteiger partial charge in [0.15, 0.2) is 6.10 Å². The van der Waals surface area contributed by atoms with Gasteiger partial charge in [-0.25, -0.2) is 4.99 Å². The normalized spacial score (nSPS) is 16.5. The number of nitrogens with one attached hydrogen (secondary N) is 1. The lowest BCUT2D eigenvalue weighted by atomic mass is 10.2. The summed E-state index contributed by atoms with van der Waals surface area (Å²) in [4.78, 5) is 4.60. The van der Waals surface area contributed by atoms with Crippen molar-refractivity contribution in [2.45, 2.75) is 13.0 Å². The van der Waals surface area contributed by atoms with Crippen LogP contribution in [0.4, 0.5) is 17.1 Å². The van der Waals surface area contributed by atoms with E-state index >= 15 is 0 Å². The van der Waals surface area contributed by atoms with Gasteiger partial charge in [-0.2, -0.15) is 0 Å². The number of hydrogen-bond donors (Lipinski definition) is 2. The molecule has 1 aliphatic heterocycles. The predicted molar refractivity (Wildman–Crippen MR) is 84.7 cm³/mol. The number of benzene rings is 2. The molecule has 0 aliphatic carbocycles. The van der Waals surface area contributed by atoms with E-state index in [2.05, 4.69) is 10.3 Å². The first-order valence-electron chi connectivity index (χ1n) is 6.71. The van der Waals surface area contributed by atoms with Crippen LogP contribution in [0.25, 0.3) is 0 Å². The van der Waals surface area contributed by atoms with E-state index in [4.69, 9.17) is 15.2 Å². The summed E-state index contributed by atoms with van der Waals surface area (Å²) in [6, 6.07) is 13.1. The van der Waals surface area contributed by atoms with Crippen LogP contribution in [-0.2, 0) is 0 Å². The SMILES string of the molecule is COc1cccc(NC2=Nc3ccc(N)cc3OC2C)c1.